The van der Waals surface area contributed by atoms with Crippen LogP contribution in [0.2, 0.25) is 0 Å². The van der Waals surface area contributed by atoms with Crippen molar-refractivity contribution >= 4 is 23.3 Å². The molecule has 7 heteroatoms. The van der Waals surface area contributed by atoms with Gasteiger partial charge in [-0.25, -0.2) is 9.78 Å². The van der Waals surface area contributed by atoms with Crippen molar-refractivity contribution in [2.45, 2.75) is 65.5 Å². The Kier molecular flexibility index (Phi) is 6.21. The lowest BCUT2D eigenvalue weighted by molar-refractivity contribution is 0.0523. The van der Waals surface area contributed by atoms with E-state index in [4.69, 9.17) is 4.74 Å². The minimum Gasteiger partial charge on any atom is -0.444 e. The number of alkyl carbamates (subject to hydrolysis) is 1. The van der Waals surface area contributed by atoms with Crippen molar-refractivity contribution in [3.05, 3.63) is 15.6 Å². The third kappa shape index (κ3) is 5.47. The number of likely N-dealkylation sites (tertiary alicyclic amines) is 1. The van der Waals surface area contributed by atoms with Gasteiger partial charge in [-0.15, -0.1) is 11.3 Å². The van der Waals surface area contributed by atoms with Crippen molar-refractivity contribution in [2.24, 2.45) is 0 Å². The second-order valence-corrected chi connectivity index (χ2v) is 8.17. The number of rotatable bonds is 3. The van der Waals surface area contributed by atoms with Crippen LogP contribution in [-0.2, 0) is 11.3 Å². The molecule has 0 atom stereocenters. The molecule has 0 aromatic carbocycles. The first-order valence-corrected chi connectivity index (χ1v) is 9.30. The van der Waals surface area contributed by atoms with Gasteiger partial charge < -0.3 is 15.0 Å². The van der Waals surface area contributed by atoms with E-state index < -0.39 is 11.7 Å². The van der Waals surface area contributed by atoms with E-state index in [1.54, 1.807) is 0 Å². The number of nitrogens with zero attached hydrogens (tertiary/aromatic N) is 2. The predicted molar refractivity (Wildman–Crippen MR) is 94.3 cm³/mol. The molecule has 1 aromatic rings. The summed E-state index contributed by atoms with van der Waals surface area (Å²) in [5.41, 5.74) is 0.201. The minimum atomic E-state index is -0.531. The average molecular weight is 353 g/mol. The van der Waals surface area contributed by atoms with Gasteiger partial charge in [0.2, 0.25) is 0 Å². The number of carbonyl (C=O) groups is 2. The fraction of sp³-hybridized carbons (Fsp3) is 0.706. The highest BCUT2D eigenvalue weighted by Crippen LogP contribution is 2.22. The van der Waals surface area contributed by atoms with Gasteiger partial charge in [0.05, 0.1) is 12.2 Å². The van der Waals surface area contributed by atoms with E-state index >= 15 is 0 Å². The summed E-state index contributed by atoms with van der Waals surface area (Å²) >= 11 is 1.36. The smallest absolute Gasteiger partial charge is 0.408 e. The Bertz CT molecular complexity index is 584. The van der Waals surface area contributed by atoms with Crippen LogP contribution in [0, 0.1) is 6.92 Å². The normalized spacial score (nSPS) is 15.8. The molecule has 24 heavy (non-hydrogen) atoms. The van der Waals surface area contributed by atoms with Gasteiger partial charge in [0.25, 0.3) is 5.91 Å². The summed E-state index contributed by atoms with van der Waals surface area (Å²) in [7, 11) is 0. The zero-order valence-electron chi connectivity index (χ0n) is 15.0. The van der Waals surface area contributed by atoms with Crippen LogP contribution in [0.4, 0.5) is 4.79 Å². The minimum absolute atomic E-state index is 0.0652. The second kappa shape index (κ2) is 7.96. The molecule has 1 fully saturated rings. The standard InChI is InChI=1S/C17H27N3O3S/c1-12-14(15(21)20-9-7-5-6-8-10-20)24-13(19-12)11-18-16(22)23-17(2,3)4/h5-11H2,1-4H3,(H,18,22). The fourth-order valence-corrected chi connectivity index (χ4v) is 3.58. The SMILES string of the molecule is Cc1nc(CNC(=O)OC(C)(C)C)sc1C(=O)N1CCCCCC1. The highest BCUT2D eigenvalue weighted by Gasteiger charge is 2.23. The molecule has 134 valence electrons. The molecule has 2 rings (SSSR count). The molecular formula is C17H27N3O3S. The molecule has 1 aromatic heterocycles. The Morgan fingerprint density at radius 2 is 1.83 bits per heavy atom. The zero-order valence-corrected chi connectivity index (χ0v) is 15.8. The average Bonchev–Trinajstić information content (AvgIpc) is 2.69. The third-order valence-electron chi connectivity index (χ3n) is 3.71. The van der Waals surface area contributed by atoms with Crippen molar-refractivity contribution in [1.29, 1.82) is 0 Å². The summed E-state index contributed by atoms with van der Waals surface area (Å²) in [6, 6.07) is 0. The maximum Gasteiger partial charge on any atom is 0.408 e. The Balaban J connectivity index is 1.96. The van der Waals surface area contributed by atoms with Crippen molar-refractivity contribution in [3.8, 4) is 0 Å². The summed E-state index contributed by atoms with van der Waals surface area (Å²) in [4.78, 5) is 31.4. The molecule has 0 radical (unpaired) electrons. The number of hydrogen-bond donors (Lipinski definition) is 1. The van der Waals surface area contributed by atoms with Crippen LogP contribution in [-0.4, -0.2) is 40.6 Å². The van der Waals surface area contributed by atoms with Crippen molar-refractivity contribution in [1.82, 2.24) is 15.2 Å². The summed E-state index contributed by atoms with van der Waals surface area (Å²) in [5.74, 6) is 0.0652. The van der Waals surface area contributed by atoms with Crippen molar-refractivity contribution < 1.29 is 14.3 Å². The molecule has 2 amide bonds. The third-order valence-corrected chi connectivity index (χ3v) is 4.86. The van der Waals surface area contributed by atoms with Gasteiger partial charge in [-0.3, -0.25) is 4.79 Å². The molecule has 0 bridgehead atoms. The number of hydrogen-bond acceptors (Lipinski definition) is 5. The maximum atomic E-state index is 12.7. The number of aryl methyl sites for hydroxylation is 1. The topological polar surface area (TPSA) is 71.5 Å². The highest BCUT2D eigenvalue weighted by molar-refractivity contribution is 7.13. The number of amides is 2. The number of carbonyl (C=O) groups excluding carboxylic acids is 2. The maximum absolute atomic E-state index is 12.7. The van der Waals surface area contributed by atoms with Gasteiger partial charge >= 0.3 is 6.09 Å². The fourth-order valence-electron chi connectivity index (χ4n) is 2.61. The lowest BCUT2D eigenvalue weighted by Gasteiger charge is -2.19. The molecule has 6 nitrogen and oxygen atoms in total. The van der Waals surface area contributed by atoms with Crippen LogP contribution in [0.15, 0.2) is 0 Å². The highest BCUT2D eigenvalue weighted by atomic mass is 32.1. The molecule has 0 unspecified atom stereocenters. The predicted octanol–water partition coefficient (Wildman–Crippen LogP) is 3.49. The van der Waals surface area contributed by atoms with Crippen LogP contribution >= 0.6 is 11.3 Å². The van der Waals surface area contributed by atoms with E-state index in [9.17, 15) is 9.59 Å². The molecule has 1 aliphatic rings. The van der Waals surface area contributed by atoms with Gasteiger partial charge in [0, 0.05) is 13.1 Å². The van der Waals surface area contributed by atoms with Gasteiger partial charge in [-0.05, 0) is 40.5 Å². The van der Waals surface area contributed by atoms with Crippen molar-refractivity contribution in [2.75, 3.05) is 13.1 Å². The molecule has 1 saturated heterocycles. The van der Waals surface area contributed by atoms with E-state index in [0.717, 1.165) is 36.6 Å². The Morgan fingerprint density at radius 3 is 2.42 bits per heavy atom. The molecule has 0 saturated carbocycles. The van der Waals surface area contributed by atoms with E-state index in [0.29, 0.717) is 4.88 Å². The van der Waals surface area contributed by atoms with Gasteiger partial charge in [-0.2, -0.15) is 0 Å². The molecule has 1 N–H and O–H groups in total. The first-order valence-electron chi connectivity index (χ1n) is 8.49. The van der Waals surface area contributed by atoms with E-state index in [1.165, 1.54) is 24.2 Å². The first kappa shape index (κ1) is 18.7. The number of thiazole rings is 1. The van der Waals surface area contributed by atoms with Crippen LogP contribution in [0.1, 0.15) is 66.8 Å². The van der Waals surface area contributed by atoms with Gasteiger partial charge in [0.1, 0.15) is 15.5 Å². The second-order valence-electron chi connectivity index (χ2n) is 7.08. The van der Waals surface area contributed by atoms with Crippen molar-refractivity contribution in [3.63, 3.8) is 0 Å². The number of nitrogens with one attached hydrogen (secondary N) is 1. The van der Waals surface area contributed by atoms with Gasteiger partial charge in [-0.1, -0.05) is 12.8 Å². The molecule has 0 spiro atoms. The van der Waals surface area contributed by atoms with E-state index in [-0.39, 0.29) is 12.5 Å². The molecular weight excluding hydrogens is 326 g/mol. The lowest BCUT2D eigenvalue weighted by Crippen LogP contribution is -2.32. The van der Waals surface area contributed by atoms with Crippen LogP contribution in [0.5, 0.6) is 0 Å². The quantitative estimate of drug-likeness (QED) is 0.903. The summed E-state index contributed by atoms with van der Waals surface area (Å²) < 4.78 is 5.20. The van der Waals surface area contributed by atoms with Crippen LogP contribution < -0.4 is 5.32 Å². The van der Waals surface area contributed by atoms with E-state index in [1.807, 2.05) is 32.6 Å². The number of ether oxygens (including phenoxy) is 1. The molecule has 2 heterocycles. The summed E-state index contributed by atoms with van der Waals surface area (Å²) in [5, 5.41) is 3.41. The van der Waals surface area contributed by atoms with E-state index in [2.05, 4.69) is 10.3 Å². The van der Waals surface area contributed by atoms with Crippen LogP contribution in [0.3, 0.4) is 0 Å². The first-order chi connectivity index (χ1) is 11.3. The molecule has 1 aliphatic heterocycles. The lowest BCUT2D eigenvalue weighted by atomic mass is 10.2. The summed E-state index contributed by atoms with van der Waals surface area (Å²) in [6.07, 6.45) is 4.04. The summed E-state index contributed by atoms with van der Waals surface area (Å²) in [6.45, 7) is 9.21. The Hall–Kier alpha value is -1.63. The van der Waals surface area contributed by atoms with Gasteiger partial charge in [0.15, 0.2) is 0 Å². The monoisotopic (exact) mass is 353 g/mol. The zero-order chi connectivity index (χ0) is 17.7. The number of aromatic nitrogens is 1. The van der Waals surface area contributed by atoms with Crippen LogP contribution in [0.25, 0.3) is 0 Å². The largest absolute Gasteiger partial charge is 0.444 e. The Morgan fingerprint density at radius 1 is 1.21 bits per heavy atom. The Labute approximate surface area is 147 Å². The molecule has 0 aliphatic carbocycles.